The topological polar surface area (TPSA) is 435 Å². The lowest BCUT2D eigenvalue weighted by atomic mass is 9.94. The number of ether oxygens (including phenoxy) is 2. The highest BCUT2D eigenvalue weighted by molar-refractivity contribution is 6.22. The van der Waals surface area contributed by atoms with Gasteiger partial charge in [-0.2, -0.15) is 9.59 Å². The number of aliphatic hydroxyl groups is 3. The number of Topliss-reactive ketones (excluding diaryl/α,β-unsaturated/α-hetero) is 3. The van der Waals surface area contributed by atoms with Gasteiger partial charge in [-0.25, -0.2) is 24.0 Å². The van der Waals surface area contributed by atoms with Crippen molar-refractivity contribution < 1.29 is 97.7 Å². The molecule has 0 saturated heterocycles. The number of nitrogens with zero attached hydrogens (tertiary/aromatic N) is 2. The molecule has 0 aliphatic carbocycles. The van der Waals surface area contributed by atoms with Crippen LogP contribution in [0.1, 0.15) is 180 Å². The number of rotatable bonds is 27. The van der Waals surface area contributed by atoms with Gasteiger partial charge in [0.2, 0.25) is 0 Å². The van der Waals surface area contributed by atoms with Gasteiger partial charge in [-0.1, -0.05) is 55.0 Å². The van der Waals surface area contributed by atoms with Crippen LogP contribution in [0.25, 0.3) is 33.4 Å². The Labute approximate surface area is 565 Å². The third-order valence-corrected chi connectivity index (χ3v) is 15.8. The first kappa shape index (κ1) is 80.2. The van der Waals surface area contributed by atoms with Crippen molar-refractivity contribution >= 4 is 71.1 Å². The normalized spacial score (nSPS) is 13.1. The van der Waals surface area contributed by atoms with Crippen molar-refractivity contribution in [2.75, 3.05) is 73.7 Å². The third kappa shape index (κ3) is 21.9. The third-order valence-electron chi connectivity index (χ3n) is 15.8. The van der Waals surface area contributed by atoms with E-state index in [0.29, 0.717) is 81.6 Å². The highest BCUT2D eigenvalue weighted by Gasteiger charge is 2.36. The molecule has 3 aliphatic heterocycles. The molecular formula is C72H82N6O20. The molecule has 6 aromatic rings. The number of carbonyl (C=O) groups excluding carboxylic acids is 12. The largest absolute Gasteiger partial charge is 0.478 e. The van der Waals surface area contributed by atoms with Crippen LogP contribution in [0, 0.1) is 11.8 Å². The van der Waals surface area contributed by atoms with Gasteiger partial charge in [0.25, 0.3) is 17.7 Å². The Kier molecular flexibility index (Phi) is 32.0. The number of hydrogen-bond acceptors (Lipinski definition) is 22. The molecule has 3 unspecified atom stereocenters. The first-order valence-electron chi connectivity index (χ1n) is 31.1. The van der Waals surface area contributed by atoms with Gasteiger partial charge < -0.3 is 62.4 Å². The van der Waals surface area contributed by atoms with Gasteiger partial charge in [-0.3, -0.25) is 33.7 Å². The van der Waals surface area contributed by atoms with Crippen LogP contribution < -0.4 is 22.1 Å². The number of carboxylic acids is 1. The number of fused-ring (bicyclic) bond motifs is 3. The number of carboxylic acid groups (broad SMARTS) is 1. The number of nitrogens with one attached hydrogen (secondary N) is 2. The van der Waals surface area contributed by atoms with Gasteiger partial charge in [0.15, 0.2) is 17.3 Å². The summed E-state index contributed by atoms with van der Waals surface area (Å²) in [6.45, 7) is 7.41. The van der Waals surface area contributed by atoms with E-state index in [4.69, 9.17) is 26.2 Å². The molecule has 26 nitrogen and oxygen atoms in total. The molecule has 0 radical (unpaired) electrons. The minimum absolute atomic E-state index is 0. The van der Waals surface area contributed by atoms with E-state index in [1.54, 1.807) is 84.9 Å². The molecule has 0 spiro atoms. The number of aromatic carboxylic acids is 1. The molecule has 0 aromatic heterocycles. The van der Waals surface area contributed by atoms with Crippen LogP contribution in [0.4, 0.5) is 0 Å². The van der Waals surface area contributed by atoms with E-state index in [9.17, 15) is 68.1 Å². The molecule has 0 fully saturated rings. The number of unbranched alkanes of at least 4 members (excludes halogenated alkanes) is 1. The Morgan fingerprint density at radius 3 is 1.47 bits per heavy atom. The molecule has 0 bridgehead atoms. The predicted molar refractivity (Wildman–Crippen MR) is 358 cm³/mol. The first-order chi connectivity index (χ1) is 46.3. The lowest BCUT2D eigenvalue weighted by Crippen LogP contribution is -2.32. The first-order valence-corrected chi connectivity index (χ1v) is 31.1. The Balaban J connectivity index is 0.000000290. The Morgan fingerprint density at radius 1 is 0.541 bits per heavy atom. The minimum atomic E-state index is -1.15. The number of carbonyl (C=O) groups is 11. The second-order valence-corrected chi connectivity index (χ2v) is 23.2. The number of cyclic esters (lactones) is 4. The van der Waals surface area contributed by atoms with Crippen molar-refractivity contribution in [1.82, 2.24) is 20.4 Å². The summed E-state index contributed by atoms with van der Waals surface area (Å²) >= 11 is 0. The maximum Gasteiger partial charge on any atom is 0.373 e. The summed E-state index contributed by atoms with van der Waals surface area (Å²) in [5.41, 5.74) is 17.5. The van der Waals surface area contributed by atoms with Crippen LogP contribution >= 0.6 is 0 Å². The Bertz CT molecular complexity index is 3880. The van der Waals surface area contributed by atoms with Crippen LogP contribution in [0.15, 0.2) is 115 Å². The van der Waals surface area contributed by atoms with Gasteiger partial charge in [-0.05, 0) is 205 Å². The predicted octanol–water partition coefficient (Wildman–Crippen LogP) is 5.90. The van der Waals surface area contributed by atoms with Gasteiger partial charge >= 0.3 is 36.0 Å². The molecule has 3 aliphatic rings. The smallest absolute Gasteiger partial charge is 0.373 e. The molecule has 520 valence electrons. The van der Waals surface area contributed by atoms with E-state index in [0.717, 1.165) is 57.3 Å². The highest BCUT2D eigenvalue weighted by atomic mass is 16.6. The van der Waals surface area contributed by atoms with Gasteiger partial charge in [0, 0.05) is 61.1 Å². The van der Waals surface area contributed by atoms with E-state index < -0.39 is 29.8 Å². The fourth-order valence-electron chi connectivity index (χ4n) is 10.7. The monoisotopic (exact) mass is 1350 g/mol. The SMILES string of the molecule is CC(=O)c1ccc(-c2ccc3c(c2)C(=O)N(CCCC(CO)CN(C)C)C3=O)cc1C(C)=O.CNCC(CO)CCCNC(=O)c1cccc(-c2ccc(C(=O)O)c(C(C)=O)c2)c1.NCCCCC(N)CO.O.O=C1OC(=O)c2cc(-c3ccc4c(c3)C(=O)OC4=O)ccc21.O=C=O. The van der Waals surface area contributed by atoms with Gasteiger partial charge in [0.05, 0.1) is 45.6 Å². The summed E-state index contributed by atoms with van der Waals surface area (Å²) in [5.74, 6) is -5.22. The maximum absolute atomic E-state index is 13.0. The summed E-state index contributed by atoms with van der Waals surface area (Å²) in [7, 11) is 5.72. The maximum atomic E-state index is 13.0. The molecule has 26 heteroatoms. The van der Waals surface area contributed by atoms with Crippen LogP contribution in [-0.4, -0.2) is 187 Å². The summed E-state index contributed by atoms with van der Waals surface area (Å²) in [6.07, 6.45) is 6.06. The molecule has 98 heavy (non-hydrogen) atoms. The Hall–Kier alpha value is -10.3. The van der Waals surface area contributed by atoms with Crippen LogP contribution in [-0.2, 0) is 19.1 Å². The summed E-state index contributed by atoms with van der Waals surface area (Å²) in [6, 6.07) is 30.9. The zero-order valence-electron chi connectivity index (χ0n) is 55.3. The van der Waals surface area contributed by atoms with Crippen LogP contribution in [0.2, 0.25) is 0 Å². The average molecular weight is 1350 g/mol. The molecule has 9 rings (SSSR count). The molecule has 3 amide bonds. The van der Waals surface area contributed by atoms with Crippen molar-refractivity contribution in [2.24, 2.45) is 23.3 Å². The number of benzene rings is 6. The fraction of sp³-hybridized carbons (Fsp3) is 0.333. The molecule has 0 saturated carbocycles. The second kappa shape index (κ2) is 39.1. The number of imide groups is 1. The molecule has 3 atom stereocenters. The number of nitrogens with two attached hydrogens (primary N) is 2. The van der Waals surface area contributed by atoms with Crippen LogP contribution in [0.3, 0.4) is 0 Å². The van der Waals surface area contributed by atoms with Crippen molar-refractivity contribution in [3.05, 3.63) is 176 Å². The number of amides is 3. The van der Waals surface area contributed by atoms with E-state index >= 15 is 0 Å². The number of ketones is 3. The summed E-state index contributed by atoms with van der Waals surface area (Å²) in [4.78, 5) is 151. The van der Waals surface area contributed by atoms with Crippen molar-refractivity contribution in [2.45, 2.75) is 71.8 Å². The van der Waals surface area contributed by atoms with E-state index in [1.807, 2.05) is 26.0 Å². The Morgan fingerprint density at radius 2 is 0.990 bits per heavy atom. The second-order valence-electron chi connectivity index (χ2n) is 23.2. The zero-order valence-corrected chi connectivity index (χ0v) is 55.3. The van der Waals surface area contributed by atoms with E-state index in [2.05, 4.69) is 20.1 Å². The number of hydrogen-bond donors (Lipinski definition) is 8. The highest BCUT2D eigenvalue weighted by Crippen LogP contribution is 2.33. The van der Waals surface area contributed by atoms with Gasteiger partial charge in [-0.15, -0.1) is 0 Å². The zero-order chi connectivity index (χ0) is 71.6. The molecule has 12 N–H and O–H groups in total. The molecule has 6 aromatic carbocycles. The lowest BCUT2D eigenvalue weighted by molar-refractivity contribution is -0.191. The summed E-state index contributed by atoms with van der Waals surface area (Å²) in [5, 5.41) is 42.5. The average Bonchev–Trinajstić information content (AvgIpc) is 1.63. The van der Waals surface area contributed by atoms with Gasteiger partial charge in [0.1, 0.15) is 0 Å². The van der Waals surface area contributed by atoms with Crippen molar-refractivity contribution in [3.63, 3.8) is 0 Å². The lowest BCUT2D eigenvalue weighted by Gasteiger charge is -2.20. The van der Waals surface area contributed by atoms with Crippen molar-refractivity contribution in [1.29, 1.82) is 0 Å². The molecule has 3 heterocycles. The molecular weight excluding hydrogens is 1270 g/mol. The summed E-state index contributed by atoms with van der Waals surface area (Å²) < 4.78 is 9.06. The number of aliphatic hydroxyl groups excluding tert-OH is 3. The standard InChI is InChI=1S/C26H30N2O5.C23H28N2O5.C16H6O6.C6H16N2O.CO2.H2O/c1-16(30)21-9-7-19(12-23(21)17(2)31)20-8-10-22-24(13-20)26(33)28(25(22)32)11-5-6-18(15-29)14-27(3)4;1-15(27)21-12-18(8-9-20(21)23(29)30)17-6-3-7-19(11-17)22(28)25-10-4-5-16(14-26)13-24-2;17-13-9-3-1-7(5-11(9)15(19)21-13)8-2-4-10-12(6-8)16(20)22-14(10)18;7-4-2-1-3-6(8)5-9;2-1-3;/h7-10,12-13,18,29H,5-6,11,14-15H2,1-4H3;3,6-9,11-12,16,24,26H,4-5,10,13-14H2,1-2H3,(H,25,28)(H,29,30);1-6H;6,9H,1-5,7-8H2;;1H2. The fourth-order valence-corrected chi connectivity index (χ4v) is 10.7. The number of esters is 4. The van der Waals surface area contributed by atoms with E-state index in [1.165, 1.54) is 56.0 Å². The van der Waals surface area contributed by atoms with Crippen molar-refractivity contribution in [3.8, 4) is 33.4 Å². The minimum Gasteiger partial charge on any atom is -0.478 e. The quantitative estimate of drug-likeness (QED) is 0.00978. The van der Waals surface area contributed by atoms with Crippen LogP contribution in [0.5, 0.6) is 0 Å². The van der Waals surface area contributed by atoms with E-state index in [-0.39, 0.29) is 118 Å².